The third-order valence-electron chi connectivity index (χ3n) is 13.1. The van der Waals surface area contributed by atoms with E-state index in [0.717, 1.165) is 70.7 Å². The minimum Gasteiger partial charge on any atom is -0.507 e. The van der Waals surface area contributed by atoms with E-state index in [1.165, 1.54) is 15.3 Å². The molecule has 2 aliphatic heterocycles. The molecular formula is C47H53N7O6S2. The van der Waals surface area contributed by atoms with Crippen LogP contribution in [-0.2, 0) is 9.59 Å². The van der Waals surface area contributed by atoms with E-state index in [0.29, 0.717) is 34.9 Å². The Kier molecular flexibility index (Phi) is 11.9. The number of phenolic OH excluding ortho intramolecular Hbond substituents is 1. The fourth-order valence-electron chi connectivity index (χ4n) is 9.47. The number of β-amino-alcohol motifs (C(OH)–C–C–N with tert-alkyl or cyclic N) is 1. The molecule has 9 rings (SSSR count). The third-order valence-corrected chi connectivity index (χ3v) is 15.4. The fraction of sp³-hybridized carbons (Fsp3) is 0.447. The number of thiazole rings is 1. The molecule has 2 aromatic carbocycles. The van der Waals surface area contributed by atoms with Crippen molar-refractivity contribution in [2.75, 3.05) is 19.6 Å². The van der Waals surface area contributed by atoms with E-state index < -0.39 is 18.1 Å². The number of aliphatic hydroxyl groups is 1. The lowest BCUT2D eigenvalue weighted by molar-refractivity contribution is -0.141. The Morgan fingerprint density at radius 2 is 1.74 bits per heavy atom. The number of aromatic nitrogens is 4. The van der Waals surface area contributed by atoms with E-state index in [-0.39, 0.29) is 48.6 Å². The number of phenols is 1. The molecule has 0 bridgehead atoms. The van der Waals surface area contributed by atoms with Gasteiger partial charge in [0, 0.05) is 53.7 Å². The summed E-state index contributed by atoms with van der Waals surface area (Å²) in [7, 11) is 0. The van der Waals surface area contributed by atoms with Gasteiger partial charge in [0.25, 0.3) is 5.88 Å². The standard InChI is InChI=1S/C47H53N7O6S2/c1-25(2)42(47(58)54-23-33(55)20-38(54)45(57)49-27(4)29-10-12-30(13-11-29)44-28(5)48-24-61-44)40-22-41(52-60-40)59-34-18-32(19-34)53-16-14-31(15-17-53)43-26(3)36-21-37(50-51-46(36)62-43)35-8-6-7-9-39(35)56/h6-13,21-22,24-25,27,31-34,38,42,55-56H,14-20,23H2,1-5H3,(H,49,57)/t27-,32?,33+,34?,38-,42+/m0/s1. The number of benzene rings is 2. The number of carbonyl (C=O) groups is 2. The van der Waals surface area contributed by atoms with Gasteiger partial charge >= 0.3 is 0 Å². The molecule has 1 aliphatic carbocycles. The summed E-state index contributed by atoms with van der Waals surface area (Å²) in [6.07, 6.45) is 3.28. The summed E-state index contributed by atoms with van der Waals surface area (Å²) in [5.41, 5.74) is 7.46. The summed E-state index contributed by atoms with van der Waals surface area (Å²) < 4.78 is 12.1. The summed E-state index contributed by atoms with van der Waals surface area (Å²) in [4.78, 5) is 39.8. The zero-order valence-electron chi connectivity index (χ0n) is 35.7. The number of amides is 2. The van der Waals surface area contributed by atoms with Crippen molar-refractivity contribution in [3.8, 4) is 33.3 Å². The second kappa shape index (κ2) is 17.5. The van der Waals surface area contributed by atoms with Crippen LogP contribution in [0.15, 0.2) is 70.7 Å². The molecule has 0 unspecified atom stereocenters. The Bertz CT molecular complexity index is 2560. The number of fused-ring (bicyclic) bond motifs is 1. The number of likely N-dealkylation sites (tertiary alicyclic amines) is 2. The number of nitrogens with one attached hydrogen (secondary N) is 1. The summed E-state index contributed by atoms with van der Waals surface area (Å²) in [5, 5.41) is 38.5. The van der Waals surface area contributed by atoms with Gasteiger partial charge in [0.1, 0.15) is 28.6 Å². The minimum atomic E-state index is -0.816. The van der Waals surface area contributed by atoms with Crippen LogP contribution in [-0.4, -0.2) is 96.1 Å². The van der Waals surface area contributed by atoms with E-state index in [4.69, 9.17) is 9.26 Å². The summed E-state index contributed by atoms with van der Waals surface area (Å²) in [6.45, 7) is 12.1. The Balaban J connectivity index is 0.775. The maximum Gasteiger partial charge on any atom is 0.254 e. The lowest BCUT2D eigenvalue weighted by Crippen LogP contribution is -2.51. The number of hydrogen-bond acceptors (Lipinski definition) is 13. The first-order chi connectivity index (χ1) is 29.9. The number of nitrogens with zero attached hydrogens (tertiary/aromatic N) is 6. The molecule has 62 heavy (non-hydrogen) atoms. The molecule has 4 atom stereocenters. The van der Waals surface area contributed by atoms with Crippen molar-refractivity contribution in [3.05, 3.63) is 93.6 Å². The van der Waals surface area contributed by atoms with Crippen LogP contribution in [0, 0.1) is 19.8 Å². The van der Waals surface area contributed by atoms with Gasteiger partial charge in [-0.05, 0) is 98.6 Å². The molecule has 324 valence electrons. The second-order valence-electron chi connectivity index (χ2n) is 17.5. The number of aryl methyl sites for hydroxylation is 2. The van der Waals surface area contributed by atoms with Crippen LogP contribution in [0.5, 0.6) is 11.6 Å². The lowest BCUT2D eigenvalue weighted by Gasteiger charge is -2.45. The maximum atomic E-state index is 14.2. The normalized spacial score (nSPS) is 21.9. The van der Waals surface area contributed by atoms with Crippen LogP contribution in [0.3, 0.4) is 0 Å². The van der Waals surface area contributed by atoms with Gasteiger partial charge in [-0.1, -0.05) is 50.2 Å². The van der Waals surface area contributed by atoms with E-state index in [9.17, 15) is 19.8 Å². The van der Waals surface area contributed by atoms with Gasteiger partial charge in [-0.2, -0.15) is 0 Å². The first-order valence-corrected chi connectivity index (χ1v) is 23.3. The molecule has 15 heteroatoms. The highest BCUT2D eigenvalue weighted by Crippen LogP contribution is 2.42. The largest absolute Gasteiger partial charge is 0.507 e. The van der Waals surface area contributed by atoms with Gasteiger partial charge in [-0.25, -0.2) is 4.98 Å². The number of aromatic hydroxyl groups is 1. The number of aliphatic hydroxyl groups excluding tert-OH is 1. The van der Waals surface area contributed by atoms with Gasteiger partial charge in [-0.3, -0.25) is 9.59 Å². The van der Waals surface area contributed by atoms with Crippen LogP contribution in [0.1, 0.15) is 98.2 Å². The molecule has 0 spiro atoms. The number of piperidine rings is 1. The highest BCUT2D eigenvalue weighted by Gasteiger charge is 2.44. The van der Waals surface area contributed by atoms with Crippen LogP contribution < -0.4 is 10.1 Å². The third kappa shape index (κ3) is 8.35. The first-order valence-electron chi connectivity index (χ1n) is 21.6. The lowest BCUT2D eigenvalue weighted by atomic mass is 9.84. The molecule has 13 nitrogen and oxygen atoms in total. The molecule has 6 aromatic rings. The Morgan fingerprint density at radius 1 is 0.984 bits per heavy atom. The second-order valence-corrected chi connectivity index (χ2v) is 19.4. The predicted molar refractivity (Wildman–Crippen MR) is 239 cm³/mol. The summed E-state index contributed by atoms with van der Waals surface area (Å²) in [5.74, 6) is -0.0287. The van der Waals surface area contributed by atoms with Crippen LogP contribution in [0.25, 0.3) is 31.9 Å². The number of para-hydroxylation sites is 1. The highest BCUT2D eigenvalue weighted by molar-refractivity contribution is 7.19. The van der Waals surface area contributed by atoms with Gasteiger partial charge in [0.15, 0.2) is 5.76 Å². The number of hydrogen-bond donors (Lipinski definition) is 3. The van der Waals surface area contributed by atoms with E-state index in [2.05, 4.69) is 43.5 Å². The molecule has 0 radical (unpaired) electrons. The van der Waals surface area contributed by atoms with Gasteiger partial charge in [-0.15, -0.1) is 32.9 Å². The summed E-state index contributed by atoms with van der Waals surface area (Å²) >= 11 is 3.34. The topological polar surface area (TPSA) is 167 Å². The predicted octanol–water partition coefficient (Wildman–Crippen LogP) is 8.16. The number of carbonyl (C=O) groups excluding carboxylic acids is 2. The van der Waals surface area contributed by atoms with Gasteiger partial charge < -0.3 is 34.6 Å². The van der Waals surface area contributed by atoms with Crippen molar-refractivity contribution in [1.82, 2.24) is 35.5 Å². The van der Waals surface area contributed by atoms with Crippen molar-refractivity contribution in [3.63, 3.8) is 0 Å². The van der Waals surface area contributed by atoms with Crippen LogP contribution >= 0.6 is 22.7 Å². The molecule has 4 aromatic heterocycles. The smallest absolute Gasteiger partial charge is 0.254 e. The zero-order valence-corrected chi connectivity index (χ0v) is 37.3. The number of ether oxygens (including phenoxy) is 1. The molecule has 3 N–H and O–H groups in total. The van der Waals surface area contributed by atoms with Crippen LogP contribution in [0.4, 0.5) is 0 Å². The van der Waals surface area contributed by atoms with Crippen molar-refractivity contribution in [1.29, 1.82) is 0 Å². The average Bonchev–Trinajstić information content (AvgIpc) is 4.06. The van der Waals surface area contributed by atoms with Gasteiger partial charge in [0.2, 0.25) is 11.8 Å². The highest BCUT2D eigenvalue weighted by atomic mass is 32.1. The Labute approximate surface area is 369 Å². The van der Waals surface area contributed by atoms with Crippen molar-refractivity contribution in [2.24, 2.45) is 5.92 Å². The van der Waals surface area contributed by atoms with Crippen molar-refractivity contribution in [2.45, 2.75) is 109 Å². The van der Waals surface area contributed by atoms with E-state index >= 15 is 0 Å². The zero-order chi connectivity index (χ0) is 43.2. The first kappa shape index (κ1) is 42.1. The quantitative estimate of drug-likeness (QED) is 0.109. The van der Waals surface area contributed by atoms with Crippen molar-refractivity contribution < 1.29 is 29.1 Å². The molecule has 1 saturated carbocycles. The molecular weight excluding hydrogens is 823 g/mol. The molecule has 2 saturated heterocycles. The van der Waals surface area contributed by atoms with Crippen LogP contribution in [0.2, 0.25) is 0 Å². The van der Waals surface area contributed by atoms with Crippen molar-refractivity contribution >= 4 is 44.7 Å². The summed E-state index contributed by atoms with van der Waals surface area (Å²) in [6, 6.07) is 18.4. The number of rotatable bonds is 12. The van der Waals surface area contributed by atoms with E-state index in [1.54, 1.807) is 40.9 Å². The number of thiophene rings is 1. The molecule has 3 aliphatic rings. The monoisotopic (exact) mass is 875 g/mol. The maximum absolute atomic E-state index is 14.2. The Morgan fingerprint density at radius 3 is 2.45 bits per heavy atom. The molecule has 3 fully saturated rings. The SMILES string of the molecule is Cc1ncsc1-c1ccc([C@H](C)NC(=O)[C@@H]2C[C@@H](O)CN2C(=O)[C@@H](c2cc(OC3CC(N4CCC(c5sc6nnc(-c7ccccc7O)cc6c5C)CC4)C3)no2)C(C)C)cc1. The average molecular weight is 876 g/mol. The molecule has 6 heterocycles. The fourth-order valence-corrected chi connectivity index (χ4v) is 11.6. The molecule has 2 amide bonds. The van der Waals surface area contributed by atoms with Gasteiger partial charge in [0.05, 0.1) is 33.9 Å². The minimum absolute atomic E-state index is 0.00218. The van der Waals surface area contributed by atoms with E-state index in [1.807, 2.05) is 69.6 Å². The Hall–Kier alpha value is -5.22.